The molecule has 0 aromatic heterocycles. The van der Waals surface area contributed by atoms with Gasteiger partial charge in [0.25, 0.3) is 0 Å². The average molecular weight is 440 g/mol. The number of hydrogen-bond acceptors (Lipinski definition) is 3. The first-order valence-corrected chi connectivity index (χ1v) is 7.98. The Balaban J connectivity index is 0.00000484. The van der Waals surface area contributed by atoms with Crippen molar-refractivity contribution in [2.24, 2.45) is 10.4 Å². The van der Waals surface area contributed by atoms with Crippen LogP contribution in [0, 0.1) is 5.41 Å². The van der Waals surface area contributed by atoms with Crippen molar-refractivity contribution in [3.63, 3.8) is 0 Å². The minimum absolute atomic E-state index is 0. The highest BCUT2D eigenvalue weighted by atomic mass is 127. The fourth-order valence-electron chi connectivity index (χ4n) is 2.83. The summed E-state index contributed by atoms with van der Waals surface area (Å²) in [7, 11) is 7.10. The van der Waals surface area contributed by atoms with Crippen LogP contribution in [-0.2, 0) is 9.53 Å². The van der Waals surface area contributed by atoms with Gasteiger partial charge in [0.2, 0.25) is 5.91 Å². The molecule has 1 fully saturated rings. The lowest BCUT2D eigenvalue weighted by atomic mass is 9.84. The number of ether oxygens (including phenoxy) is 1. The first-order valence-electron chi connectivity index (χ1n) is 7.98. The quantitative estimate of drug-likeness (QED) is 0.376. The second-order valence-corrected chi connectivity index (χ2v) is 6.93. The molecule has 1 aliphatic rings. The van der Waals surface area contributed by atoms with Crippen molar-refractivity contribution in [1.29, 1.82) is 0 Å². The third-order valence-electron chi connectivity index (χ3n) is 4.47. The zero-order valence-electron chi connectivity index (χ0n) is 15.4. The molecule has 0 radical (unpaired) electrons. The first-order chi connectivity index (χ1) is 10.3. The van der Waals surface area contributed by atoms with Crippen molar-refractivity contribution in [2.45, 2.75) is 45.1 Å². The van der Waals surface area contributed by atoms with E-state index >= 15 is 0 Å². The summed E-state index contributed by atoms with van der Waals surface area (Å²) in [6.45, 7) is 5.30. The highest BCUT2D eigenvalue weighted by molar-refractivity contribution is 14.0. The number of amides is 1. The van der Waals surface area contributed by atoms with E-state index in [1.165, 1.54) is 0 Å². The van der Waals surface area contributed by atoms with Crippen LogP contribution in [0.1, 0.15) is 39.5 Å². The Morgan fingerprint density at radius 1 is 1.26 bits per heavy atom. The van der Waals surface area contributed by atoms with Crippen molar-refractivity contribution in [3.05, 3.63) is 0 Å². The van der Waals surface area contributed by atoms with Gasteiger partial charge in [-0.05, 0) is 26.7 Å². The molecule has 0 aromatic rings. The van der Waals surface area contributed by atoms with E-state index in [-0.39, 0.29) is 40.9 Å². The van der Waals surface area contributed by atoms with E-state index in [1.807, 2.05) is 27.9 Å². The predicted octanol–water partition coefficient (Wildman–Crippen LogP) is 1.84. The number of aliphatic imine (C=N–C) groups is 1. The van der Waals surface area contributed by atoms with E-state index in [4.69, 9.17) is 4.74 Å². The van der Waals surface area contributed by atoms with Crippen LogP contribution in [0.15, 0.2) is 4.99 Å². The van der Waals surface area contributed by atoms with Gasteiger partial charge in [0.15, 0.2) is 5.96 Å². The summed E-state index contributed by atoms with van der Waals surface area (Å²) in [6, 6.07) is 0. The summed E-state index contributed by atoms with van der Waals surface area (Å²) in [5, 5.41) is 6.58. The van der Waals surface area contributed by atoms with Crippen LogP contribution in [0.2, 0.25) is 0 Å². The average Bonchev–Trinajstić information content (AvgIpc) is 2.96. The number of nitrogens with zero attached hydrogens (tertiary/aromatic N) is 2. The summed E-state index contributed by atoms with van der Waals surface area (Å²) >= 11 is 0. The molecule has 6 nitrogen and oxygen atoms in total. The predicted molar refractivity (Wildman–Crippen MR) is 105 cm³/mol. The van der Waals surface area contributed by atoms with Crippen molar-refractivity contribution >= 4 is 35.8 Å². The largest absolute Gasteiger partial charge is 0.377 e. The maximum atomic E-state index is 12.5. The highest BCUT2D eigenvalue weighted by Crippen LogP contribution is 2.38. The summed E-state index contributed by atoms with van der Waals surface area (Å²) in [5.41, 5.74) is -0.556. The van der Waals surface area contributed by atoms with Crippen LogP contribution >= 0.6 is 24.0 Å². The molecular weight excluding hydrogens is 407 g/mol. The molecule has 0 spiro atoms. The molecule has 136 valence electrons. The third kappa shape index (κ3) is 6.45. The van der Waals surface area contributed by atoms with Crippen LogP contribution in [0.25, 0.3) is 0 Å². The number of carbonyl (C=O) groups excluding carboxylic acids is 1. The molecule has 0 saturated heterocycles. The molecule has 1 rings (SSSR count). The zero-order valence-corrected chi connectivity index (χ0v) is 17.7. The topological polar surface area (TPSA) is 66.0 Å². The van der Waals surface area contributed by atoms with Gasteiger partial charge in [-0.1, -0.05) is 12.8 Å². The molecule has 0 aromatic carbocycles. The van der Waals surface area contributed by atoms with Gasteiger partial charge in [-0.3, -0.25) is 9.79 Å². The molecule has 1 amide bonds. The van der Waals surface area contributed by atoms with E-state index in [0.717, 1.165) is 25.7 Å². The lowest BCUT2D eigenvalue weighted by molar-refractivity contribution is -0.138. The molecule has 1 aliphatic carbocycles. The van der Waals surface area contributed by atoms with Crippen LogP contribution < -0.4 is 10.6 Å². The van der Waals surface area contributed by atoms with Crippen LogP contribution in [0.3, 0.4) is 0 Å². The molecule has 2 N–H and O–H groups in total. The van der Waals surface area contributed by atoms with Gasteiger partial charge >= 0.3 is 0 Å². The van der Waals surface area contributed by atoms with Crippen molar-refractivity contribution in [2.75, 3.05) is 41.3 Å². The Morgan fingerprint density at radius 3 is 2.26 bits per heavy atom. The fraction of sp³-hybridized carbons (Fsp3) is 0.875. The number of hydrogen-bond donors (Lipinski definition) is 2. The minimum Gasteiger partial charge on any atom is -0.377 e. The first kappa shape index (κ1) is 22.4. The second-order valence-electron chi connectivity index (χ2n) is 6.93. The number of halogens is 1. The molecule has 0 aliphatic heterocycles. The maximum absolute atomic E-state index is 12.5. The molecule has 0 heterocycles. The number of rotatable bonds is 6. The van der Waals surface area contributed by atoms with Crippen LogP contribution in [-0.4, -0.2) is 63.7 Å². The normalized spacial score (nSPS) is 17.4. The Hall–Kier alpha value is -0.570. The summed E-state index contributed by atoms with van der Waals surface area (Å²) in [5.74, 6) is 0.924. The smallest absolute Gasteiger partial charge is 0.230 e. The lowest BCUT2D eigenvalue weighted by Crippen LogP contribution is -2.51. The maximum Gasteiger partial charge on any atom is 0.230 e. The molecule has 0 unspecified atom stereocenters. The Kier molecular flexibility index (Phi) is 9.42. The van der Waals surface area contributed by atoms with Crippen LogP contribution in [0.4, 0.5) is 0 Å². The number of methoxy groups -OCH3 is 1. The van der Waals surface area contributed by atoms with E-state index in [2.05, 4.69) is 15.6 Å². The monoisotopic (exact) mass is 440 g/mol. The number of guanidine groups is 1. The Bertz CT molecular complexity index is 405. The zero-order chi connectivity index (χ0) is 16.8. The van der Waals surface area contributed by atoms with E-state index < -0.39 is 0 Å². The van der Waals surface area contributed by atoms with Gasteiger partial charge in [0.1, 0.15) is 0 Å². The minimum atomic E-state index is -0.294. The lowest BCUT2D eigenvalue weighted by Gasteiger charge is -2.32. The van der Waals surface area contributed by atoms with Crippen molar-refractivity contribution in [1.82, 2.24) is 15.5 Å². The standard InChI is InChI=1S/C16H32N4O2.HI/c1-15(2,22-6)11-18-14(17-3)19-12-16(9-7-8-10-16)13(21)20(4)5;/h7-12H2,1-6H3,(H2,17,18,19);1H. The van der Waals surface area contributed by atoms with Crippen molar-refractivity contribution < 1.29 is 9.53 Å². The molecule has 7 heteroatoms. The van der Waals surface area contributed by atoms with E-state index in [0.29, 0.717) is 19.0 Å². The Morgan fingerprint density at radius 2 is 1.83 bits per heavy atom. The molecule has 0 bridgehead atoms. The summed E-state index contributed by atoms with van der Waals surface area (Å²) in [6.07, 6.45) is 4.11. The molecule has 0 atom stereocenters. The van der Waals surface area contributed by atoms with Crippen molar-refractivity contribution in [3.8, 4) is 0 Å². The Labute approximate surface area is 157 Å². The molecule has 23 heavy (non-hydrogen) atoms. The number of nitrogens with one attached hydrogen (secondary N) is 2. The highest BCUT2D eigenvalue weighted by Gasteiger charge is 2.42. The van der Waals surface area contributed by atoms with Gasteiger partial charge in [0, 0.05) is 41.3 Å². The summed E-state index contributed by atoms with van der Waals surface area (Å²) < 4.78 is 5.39. The van der Waals surface area contributed by atoms with Gasteiger partial charge < -0.3 is 20.3 Å². The van der Waals surface area contributed by atoms with Gasteiger partial charge in [-0.2, -0.15) is 0 Å². The van der Waals surface area contributed by atoms with Gasteiger partial charge in [-0.25, -0.2) is 0 Å². The third-order valence-corrected chi connectivity index (χ3v) is 4.47. The number of carbonyl (C=O) groups is 1. The SMILES string of the molecule is CN=C(NCC(C)(C)OC)NCC1(C(=O)N(C)C)CCCC1.I. The molecule has 1 saturated carbocycles. The second kappa shape index (κ2) is 9.66. The van der Waals surface area contributed by atoms with E-state index in [1.54, 1.807) is 19.1 Å². The van der Waals surface area contributed by atoms with Gasteiger partial charge in [0.05, 0.1) is 11.0 Å². The fourth-order valence-corrected chi connectivity index (χ4v) is 2.83. The van der Waals surface area contributed by atoms with Crippen LogP contribution in [0.5, 0.6) is 0 Å². The molecular formula is C16H33IN4O2. The van der Waals surface area contributed by atoms with Gasteiger partial charge in [-0.15, -0.1) is 24.0 Å². The van der Waals surface area contributed by atoms with E-state index in [9.17, 15) is 4.79 Å². The summed E-state index contributed by atoms with van der Waals surface area (Å²) in [4.78, 5) is 18.5.